The van der Waals surface area contributed by atoms with E-state index in [1.165, 1.54) is 12.8 Å². The van der Waals surface area contributed by atoms with Crippen LogP contribution >= 0.6 is 0 Å². The molecule has 1 aliphatic rings. The molecule has 0 radical (unpaired) electrons. The lowest BCUT2D eigenvalue weighted by atomic mass is 9.98. The summed E-state index contributed by atoms with van der Waals surface area (Å²) < 4.78 is 0. The van der Waals surface area contributed by atoms with E-state index in [4.69, 9.17) is 0 Å². The van der Waals surface area contributed by atoms with Crippen LogP contribution in [0.1, 0.15) is 19.8 Å². The summed E-state index contributed by atoms with van der Waals surface area (Å²) in [7, 11) is 0. The van der Waals surface area contributed by atoms with Crippen LogP contribution in [-0.4, -0.2) is 37.5 Å². The molecule has 70 valence electrons. The van der Waals surface area contributed by atoms with E-state index in [0.717, 1.165) is 38.5 Å². The molecule has 1 N–H and O–H groups in total. The molecule has 0 atom stereocenters. The van der Waals surface area contributed by atoms with Gasteiger partial charge in [-0.05, 0) is 38.8 Å². The number of piperidine rings is 1. The molecule has 0 aromatic heterocycles. The van der Waals surface area contributed by atoms with Crippen LogP contribution in [0.3, 0.4) is 0 Å². The van der Waals surface area contributed by atoms with E-state index in [1.807, 2.05) is 11.8 Å². The van der Waals surface area contributed by atoms with Gasteiger partial charge in [-0.1, -0.05) is 0 Å². The monoisotopic (exact) mass is 170 g/mol. The summed E-state index contributed by atoms with van der Waals surface area (Å²) in [6.07, 6.45) is 3.39. The number of hydrogen-bond donors (Lipinski definition) is 1. The van der Waals surface area contributed by atoms with Crippen molar-refractivity contribution < 1.29 is 4.79 Å². The van der Waals surface area contributed by atoms with Crippen molar-refractivity contribution in [2.45, 2.75) is 19.8 Å². The van der Waals surface area contributed by atoms with Crippen molar-refractivity contribution in [1.82, 2.24) is 10.2 Å². The van der Waals surface area contributed by atoms with Crippen molar-refractivity contribution in [2.24, 2.45) is 5.92 Å². The molecule has 3 nitrogen and oxygen atoms in total. The quantitative estimate of drug-likeness (QED) is 0.622. The van der Waals surface area contributed by atoms with Crippen molar-refractivity contribution in [1.29, 1.82) is 0 Å². The Morgan fingerprint density at radius 1 is 1.50 bits per heavy atom. The zero-order chi connectivity index (χ0) is 8.81. The molecule has 1 heterocycles. The second kappa shape index (κ2) is 5.14. The first-order valence-corrected chi connectivity index (χ1v) is 4.77. The highest BCUT2D eigenvalue weighted by Gasteiger charge is 2.14. The van der Waals surface area contributed by atoms with E-state index in [1.54, 1.807) is 0 Å². The first-order valence-electron chi connectivity index (χ1n) is 4.77. The Kier molecular flexibility index (Phi) is 4.08. The summed E-state index contributed by atoms with van der Waals surface area (Å²) in [5.74, 6) is 0.719. The number of nitrogens with one attached hydrogen (secondary N) is 1. The lowest BCUT2D eigenvalue weighted by Gasteiger charge is -2.26. The molecule has 1 rings (SSSR count). The summed E-state index contributed by atoms with van der Waals surface area (Å²) in [4.78, 5) is 12.4. The lowest BCUT2D eigenvalue weighted by Crippen LogP contribution is -2.35. The van der Waals surface area contributed by atoms with Crippen molar-refractivity contribution in [3.8, 4) is 0 Å². The number of nitrogens with zero attached hydrogens (tertiary/aromatic N) is 1. The number of rotatable bonds is 4. The zero-order valence-corrected chi connectivity index (χ0v) is 7.75. The topological polar surface area (TPSA) is 32.3 Å². The normalized spacial score (nSPS) is 19.1. The van der Waals surface area contributed by atoms with Crippen LogP contribution in [0.4, 0.5) is 0 Å². The van der Waals surface area contributed by atoms with E-state index < -0.39 is 0 Å². The molecule has 0 aromatic carbocycles. The van der Waals surface area contributed by atoms with E-state index >= 15 is 0 Å². The number of carbonyl (C=O) groups excluding carboxylic acids is 1. The molecule has 0 unspecified atom stereocenters. The SMILES string of the molecule is CCN(C=O)CC1CCNCC1. The fourth-order valence-electron chi connectivity index (χ4n) is 1.64. The molecule has 0 aromatic rings. The fourth-order valence-corrected chi connectivity index (χ4v) is 1.64. The van der Waals surface area contributed by atoms with E-state index in [-0.39, 0.29) is 0 Å². The fraction of sp³-hybridized carbons (Fsp3) is 0.889. The van der Waals surface area contributed by atoms with Crippen LogP contribution in [0.15, 0.2) is 0 Å². The van der Waals surface area contributed by atoms with Gasteiger partial charge in [0.15, 0.2) is 0 Å². The summed E-state index contributed by atoms with van der Waals surface area (Å²) in [6.45, 7) is 6.03. The third-order valence-corrected chi connectivity index (χ3v) is 2.51. The predicted molar refractivity (Wildman–Crippen MR) is 48.9 cm³/mol. The molecule has 0 spiro atoms. The number of carbonyl (C=O) groups is 1. The third kappa shape index (κ3) is 2.81. The molecule has 1 amide bonds. The molecule has 1 saturated heterocycles. The molecule has 1 fully saturated rings. The van der Waals surface area contributed by atoms with Crippen LogP contribution < -0.4 is 5.32 Å². The molecule has 0 aliphatic carbocycles. The van der Waals surface area contributed by atoms with Crippen LogP contribution in [0, 0.1) is 5.92 Å². The molecule has 1 aliphatic heterocycles. The van der Waals surface area contributed by atoms with Gasteiger partial charge in [0.05, 0.1) is 0 Å². The first kappa shape index (κ1) is 9.52. The van der Waals surface area contributed by atoms with Crippen LogP contribution in [0.5, 0.6) is 0 Å². The molecular weight excluding hydrogens is 152 g/mol. The molecule has 12 heavy (non-hydrogen) atoms. The predicted octanol–water partition coefficient (Wildman–Crippen LogP) is 0.464. The summed E-state index contributed by atoms with van der Waals surface area (Å²) >= 11 is 0. The minimum atomic E-state index is 0.719. The summed E-state index contributed by atoms with van der Waals surface area (Å²) in [5.41, 5.74) is 0. The summed E-state index contributed by atoms with van der Waals surface area (Å²) in [6, 6.07) is 0. The van der Waals surface area contributed by atoms with Crippen molar-refractivity contribution in [3.63, 3.8) is 0 Å². The maximum absolute atomic E-state index is 10.5. The van der Waals surface area contributed by atoms with Gasteiger partial charge in [0, 0.05) is 13.1 Å². The average molecular weight is 170 g/mol. The van der Waals surface area contributed by atoms with Gasteiger partial charge in [0.25, 0.3) is 0 Å². The van der Waals surface area contributed by atoms with Crippen molar-refractivity contribution >= 4 is 6.41 Å². The molecule has 0 saturated carbocycles. The van der Waals surface area contributed by atoms with Gasteiger partial charge in [-0.2, -0.15) is 0 Å². The van der Waals surface area contributed by atoms with Crippen molar-refractivity contribution in [2.75, 3.05) is 26.2 Å². The van der Waals surface area contributed by atoms with Crippen LogP contribution in [-0.2, 0) is 4.79 Å². The Balaban J connectivity index is 2.22. The van der Waals surface area contributed by atoms with E-state index in [9.17, 15) is 4.79 Å². The average Bonchev–Trinajstić information content (AvgIpc) is 2.16. The Morgan fingerprint density at radius 2 is 2.17 bits per heavy atom. The third-order valence-electron chi connectivity index (χ3n) is 2.51. The highest BCUT2D eigenvalue weighted by atomic mass is 16.1. The van der Waals surface area contributed by atoms with Crippen molar-refractivity contribution in [3.05, 3.63) is 0 Å². The van der Waals surface area contributed by atoms with Gasteiger partial charge >= 0.3 is 0 Å². The maximum Gasteiger partial charge on any atom is 0.209 e. The van der Waals surface area contributed by atoms with Crippen LogP contribution in [0.2, 0.25) is 0 Å². The highest BCUT2D eigenvalue weighted by molar-refractivity contribution is 5.46. The second-order valence-electron chi connectivity index (χ2n) is 3.39. The first-order chi connectivity index (χ1) is 5.86. The van der Waals surface area contributed by atoms with E-state index in [0.29, 0.717) is 0 Å². The second-order valence-corrected chi connectivity index (χ2v) is 3.39. The largest absolute Gasteiger partial charge is 0.345 e. The Morgan fingerprint density at radius 3 is 2.67 bits per heavy atom. The van der Waals surface area contributed by atoms with Gasteiger partial charge in [0.2, 0.25) is 6.41 Å². The standard InChI is InChI=1S/C9H18N2O/c1-2-11(8-12)7-9-3-5-10-6-4-9/h8-10H,2-7H2,1H3. The molecule has 0 bridgehead atoms. The lowest BCUT2D eigenvalue weighted by molar-refractivity contribution is -0.118. The Bertz CT molecular complexity index is 132. The smallest absolute Gasteiger partial charge is 0.209 e. The summed E-state index contributed by atoms with van der Waals surface area (Å²) in [5, 5.41) is 3.32. The minimum absolute atomic E-state index is 0.719. The maximum atomic E-state index is 10.5. The Labute approximate surface area is 74.1 Å². The Hall–Kier alpha value is -0.570. The van der Waals surface area contributed by atoms with Gasteiger partial charge in [-0.3, -0.25) is 4.79 Å². The minimum Gasteiger partial charge on any atom is -0.345 e. The van der Waals surface area contributed by atoms with Crippen LogP contribution in [0.25, 0.3) is 0 Å². The molecule has 3 heteroatoms. The van der Waals surface area contributed by atoms with Gasteiger partial charge < -0.3 is 10.2 Å². The highest BCUT2D eigenvalue weighted by Crippen LogP contribution is 2.12. The van der Waals surface area contributed by atoms with Gasteiger partial charge in [0.1, 0.15) is 0 Å². The number of amides is 1. The van der Waals surface area contributed by atoms with E-state index in [2.05, 4.69) is 5.32 Å². The van der Waals surface area contributed by atoms with Gasteiger partial charge in [-0.25, -0.2) is 0 Å². The number of hydrogen-bond acceptors (Lipinski definition) is 2. The molecular formula is C9H18N2O. The van der Waals surface area contributed by atoms with Gasteiger partial charge in [-0.15, -0.1) is 0 Å². The zero-order valence-electron chi connectivity index (χ0n) is 7.75.